The molecule has 0 nitrogen and oxygen atoms in total. The van der Waals surface area contributed by atoms with Crippen LogP contribution in [0.2, 0.25) is 0 Å². The van der Waals surface area contributed by atoms with Crippen LogP contribution in [0.25, 0.3) is 87.7 Å². The molecule has 4 radical (unpaired) electrons. The van der Waals surface area contributed by atoms with E-state index in [0.717, 1.165) is 58.2 Å². The smallest absolute Gasteiger partial charge is 0 e. The van der Waals surface area contributed by atoms with E-state index in [1.165, 1.54) is 160 Å². The summed E-state index contributed by atoms with van der Waals surface area (Å²) in [7, 11) is 0. The Balaban J connectivity index is -0.000000198. The Kier molecular flexibility index (Phi) is 66.8. The Morgan fingerprint density at radius 2 is 0.593 bits per heavy atom. The van der Waals surface area contributed by atoms with E-state index >= 15 is 0 Å². The molecule has 0 spiro atoms. The maximum Gasteiger partial charge on any atom is 0 e. The fourth-order valence-corrected chi connectivity index (χ4v) is 13.9. The molecule has 0 saturated heterocycles. The Bertz CT molecular complexity index is 4870. The molecule has 4 heteroatoms. The molecule has 0 atom stereocenters. The Morgan fingerprint density at radius 1 is 0.283 bits per heavy atom. The molecule has 0 amide bonds. The van der Waals surface area contributed by atoms with Crippen molar-refractivity contribution in [1.29, 1.82) is 0 Å². The number of allylic oxidation sites excluding steroid dienone is 22. The maximum atomic E-state index is 5.89. The second-order valence-electron chi connectivity index (χ2n) is 23.3. The van der Waals surface area contributed by atoms with Crippen molar-refractivity contribution in [1.82, 2.24) is 0 Å². The summed E-state index contributed by atoms with van der Waals surface area (Å²) in [5.41, 5.74) is 34.9. The second-order valence-corrected chi connectivity index (χ2v) is 23.3. The molecule has 0 N–H and O–H groups in total. The van der Waals surface area contributed by atoms with Crippen LogP contribution in [-0.4, -0.2) is 0 Å². The minimum atomic E-state index is 0. The third-order valence-electron chi connectivity index (χ3n) is 18.5. The summed E-state index contributed by atoms with van der Waals surface area (Å²) >= 11 is 0. The minimum absolute atomic E-state index is 0. The van der Waals surface area contributed by atoms with Crippen LogP contribution >= 0.6 is 0 Å². The zero-order valence-electron chi connectivity index (χ0n) is 68.1. The number of hydrogen-bond acceptors (Lipinski definition) is 0. The molecule has 16 rings (SSSR count). The van der Waals surface area contributed by atoms with Crippen molar-refractivity contribution in [3.8, 4) is 11.1 Å². The summed E-state index contributed by atoms with van der Waals surface area (Å²) in [5.74, 6) is 0. The summed E-state index contributed by atoms with van der Waals surface area (Å²) in [5, 5.41) is 10.3. The number of rotatable bonds is 4. The molecule has 600 valence electrons. The van der Waals surface area contributed by atoms with Crippen LogP contribution < -0.4 is 0 Å². The van der Waals surface area contributed by atoms with Gasteiger partial charge in [0.05, 0.1) is 0 Å². The zero-order valence-corrected chi connectivity index (χ0v) is 79.4. The van der Waals surface area contributed by atoms with E-state index in [9.17, 15) is 0 Å². The molecule has 0 unspecified atom stereocenters. The quantitative estimate of drug-likeness (QED) is 0.154. The fraction of sp³-hybridized carbons (Fsp3) is 0.321. The van der Waals surface area contributed by atoms with E-state index in [0.29, 0.717) is 0 Å². The van der Waals surface area contributed by atoms with Crippen LogP contribution in [0, 0.1) is 106 Å². The van der Waals surface area contributed by atoms with Gasteiger partial charge in [-0.2, -0.15) is 22.3 Å². The molecular weight excluding hydrogens is 1660 g/mol. The molecular formula is C109H144Y4-8. The van der Waals surface area contributed by atoms with Crippen molar-refractivity contribution in [3.05, 3.63) is 344 Å². The van der Waals surface area contributed by atoms with E-state index in [2.05, 4.69) is 237 Å². The van der Waals surface area contributed by atoms with Crippen molar-refractivity contribution < 1.29 is 131 Å². The van der Waals surface area contributed by atoms with Gasteiger partial charge in [-0.25, -0.2) is 24.3 Å². The topological polar surface area (TPSA) is 0 Å². The summed E-state index contributed by atoms with van der Waals surface area (Å²) in [6.07, 6.45) is 36.9. The first-order valence-corrected chi connectivity index (χ1v) is 37.5. The number of fused-ring (bicyclic) bond motifs is 5. The molecule has 7 aliphatic rings. The van der Waals surface area contributed by atoms with Crippen LogP contribution in [-0.2, 0) is 131 Å². The van der Waals surface area contributed by atoms with Crippen molar-refractivity contribution in [2.75, 3.05) is 0 Å². The summed E-state index contributed by atoms with van der Waals surface area (Å²) in [6, 6.07) is 43.3. The average Bonchev–Trinajstić information content (AvgIpc) is 1.67. The van der Waals surface area contributed by atoms with Crippen LogP contribution in [0.5, 0.6) is 0 Å². The molecule has 0 bridgehead atoms. The molecule has 7 aliphatic carbocycles. The van der Waals surface area contributed by atoms with Gasteiger partial charge < -0.3 is 32.4 Å². The second kappa shape index (κ2) is 61.2. The predicted molar refractivity (Wildman–Crippen MR) is 506 cm³/mol. The van der Waals surface area contributed by atoms with E-state index in [1.807, 2.05) is 111 Å². The monoisotopic (exact) mass is 1810 g/mol. The fourth-order valence-electron chi connectivity index (χ4n) is 13.9. The van der Waals surface area contributed by atoms with E-state index < -0.39 is 0 Å². The first kappa shape index (κ1) is 123. The van der Waals surface area contributed by atoms with Gasteiger partial charge in [-0.15, -0.1) is 70.8 Å². The average molecular weight is 1810 g/mol. The normalized spacial score (nSPS) is 11.8. The summed E-state index contributed by atoms with van der Waals surface area (Å²) in [6.45, 7) is 73.2. The van der Waals surface area contributed by atoms with Crippen molar-refractivity contribution in [2.24, 2.45) is 0 Å². The van der Waals surface area contributed by atoms with Crippen LogP contribution in [0.15, 0.2) is 204 Å². The molecule has 0 fully saturated rings. The Labute approximate surface area is 797 Å². The molecule has 9 aromatic carbocycles. The third kappa shape index (κ3) is 26.1. The Morgan fingerprint density at radius 3 is 1.04 bits per heavy atom. The van der Waals surface area contributed by atoms with Gasteiger partial charge in [0.1, 0.15) is 0 Å². The van der Waals surface area contributed by atoms with Crippen molar-refractivity contribution in [2.45, 2.75) is 245 Å². The zero-order chi connectivity index (χ0) is 74.9. The maximum absolute atomic E-state index is 5.89. The number of benzene rings is 9. The SMILES string of the molecule is C.C.C.C.C.C.C.C.CC.CC.CC.CC.CC.CC.CC.CC.[CH-]=CC1=[C-]C2=C(C=CC2)c2c(C)c(C)cc3cccc1c23.[CH-]=CC1=[C-]C2=C(CC=C2)c2c(C)c(C)cc3cccc1c23.[CH-]=CC1=[C-]c2cccc3cc(C)c(C)c(c23)-c2ccccc21.[CH-]=CC1=[C-]c2cccc3cc(C)c(C)c(c23)C2=C1C=CC2.[Y].[Y].[Y].[Y]. The van der Waals surface area contributed by atoms with Crippen molar-refractivity contribution >= 4 is 76.5 Å². The van der Waals surface area contributed by atoms with Crippen LogP contribution in [0.4, 0.5) is 0 Å². The van der Waals surface area contributed by atoms with Crippen LogP contribution in [0.1, 0.15) is 278 Å². The molecule has 0 saturated carbocycles. The first-order valence-electron chi connectivity index (χ1n) is 37.5. The largest absolute Gasteiger partial charge is 0.344 e. The van der Waals surface area contributed by atoms with Gasteiger partial charge in [-0.3, -0.25) is 40.5 Å². The molecule has 0 aliphatic heterocycles. The van der Waals surface area contributed by atoms with Gasteiger partial charge >= 0.3 is 0 Å². The summed E-state index contributed by atoms with van der Waals surface area (Å²) < 4.78 is 0. The predicted octanol–water partition coefficient (Wildman–Crippen LogP) is 34.9. The molecule has 9 aromatic rings. The van der Waals surface area contributed by atoms with Gasteiger partial charge in [0.2, 0.25) is 0 Å². The summed E-state index contributed by atoms with van der Waals surface area (Å²) in [4.78, 5) is 0. The third-order valence-corrected chi connectivity index (χ3v) is 18.5. The first-order chi connectivity index (χ1) is 49.3. The van der Waals surface area contributed by atoms with Gasteiger partial charge in [-0.05, 0) is 135 Å². The number of aryl methyl sites for hydroxylation is 4. The van der Waals surface area contributed by atoms with Crippen LogP contribution in [0.3, 0.4) is 0 Å². The van der Waals surface area contributed by atoms with E-state index in [4.69, 9.17) is 26.3 Å². The van der Waals surface area contributed by atoms with Gasteiger partial charge in [0.15, 0.2) is 0 Å². The van der Waals surface area contributed by atoms with E-state index in [-0.39, 0.29) is 190 Å². The van der Waals surface area contributed by atoms with Gasteiger partial charge in [0.25, 0.3) is 0 Å². The minimum Gasteiger partial charge on any atom is -0.344 e. The standard InChI is InChI=1S/C22H16.3C21H16.8C2H6.8CH4.4Y/c1-4-16-13-18-9-7-8-17-12-14(2)15(3)21(22(17)18)20-11-6-5-10-19(16)20;2*1-4-15-12-16-7-5-10-19(16)20-14(3)13(2)11-17-8-6-9-18(15)21(17)20;1-4-15-12-17-8-5-7-16-11-13(2)14(3)20(21(16)17)19-10-6-9-18(15)19;8*1-2;;;;;;;;;;;;/h1,4-12H,2-3H3;1,4-6,8-11H,7H2,2-3H3;2*1,4-9,11H,10H2,2-3H3;8*1-2H3;8*1H4;;;;/q4*-2;;;;;;;;;;;;;;;;;;;;. The van der Waals surface area contributed by atoms with E-state index in [1.54, 1.807) is 24.3 Å². The van der Waals surface area contributed by atoms with Gasteiger partial charge in [0, 0.05) is 131 Å². The molecule has 0 aromatic heterocycles. The van der Waals surface area contributed by atoms with Gasteiger partial charge in [-0.1, -0.05) is 351 Å². The Hall–Kier alpha value is -5.20. The van der Waals surface area contributed by atoms with Crippen molar-refractivity contribution in [3.63, 3.8) is 0 Å². The molecule has 113 heavy (non-hydrogen) atoms. The molecule has 0 heterocycles. The number of hydrogen-bond donors (Lipinski definition) is 0.